The number of rotatable bonds is 2. The minimum absolute atomic E-state index is 0.119. The Kier molecular flexibility index (Phi) is 5.57. The second-order valence-corrected chi connectivity index (χ2v) is 7.84. The molecular formula is C21H30N2O3. The maximum Gasteiger partial charge on any atom is 0.253 e. The molecule has 0 unspecified atom stereocenters. The van der Waals surface area contributed by atoms with Crippen LogP contribution in [0.25, 0.3) is 0 Å². The predicted molar refractivity (Wildman–Crippen MR) is 100 cm³/mol. The lowest BCUT2D eigenvalue weighted by atomic mass is 9.90. The molecule has 142 valence electrons. The molecule has 2 aliphatic heterocycles. The molecule has 4 rings (SSSR count). The van der Waals surface area contributed by atoms with Gasteiger partial charge in [0.25, 0.3) is 5.91 Å². The number of carbonyl (C=O) groups is 1. The first-order valence-electron chi connectivity index (χ1n) is 10.1. The molecule has 2 atom stereocenters. The van der Waals surface area contributed by atoms with E-state index in [2.05, 4.69) is 17.0 Å². The summed E-state index contributed by atoms with van der Waals surface area (Å²) in [6.45, 7) is 4.58. The summed E-state index contributed by atoms with van der Waals surface area (Å²) in [7, 11) is 0. The zero-order valence-corrected chi connectivity index (χ0v) is 15.5. The Morgan fingerprint density at radius 3 is 2.54 bits per heavy atom. The van der Waals surface area contributed by atoms with Gasteiger partial charge in [-0.1, -0.05) is 6.07 Å². The van der Waals surface area contributed by atoms with Gasteiger partial charge in [-0.3, -0.25) is 9.69 Å². The van der Waals surface area contributed by atoms with E-state index >= 15 is 0 Å². The van der Waals surface area contributed by atoms with Crippen LogP contribution in [0.4, 0.5) is 0 Å². The number of likely N-dealkylation sites (tertiary alicyclic amines) is 1. The van der Waals surface area contributed by atoms with Gasteiger partial charge in [-0.25, -0.2) is 0 Å². The predicted octanol–water partition coefficient (Wildman–Crippen LogP) is 1.86. The maximum atomic E-state index is 13.0. The number of benzene rings is 1. The number of morpholine rings is 1. The van der Waals surface area contributed by atoms with Crippen molar-refractivity contribution < 1.29 is 14.6 Å². The number of amides is 1. The number of carbonyl (C=O) groups excluding carboxylic acids is 1. The summed E-state index contributed by atoms with van der Waals surface area (Å²) in [4.78, 5) is 17.3. The summed E-state index contributed by atoms with van der Waals surface area (Å²) >= 11 is 0. The number of aryl methyl sites for hydroxylation is 2. The molecule has 1 aromatic rings. The fourth-order valence-corrected chi connectivity index (χ4v) is 4.66. The third-order valence-corrected chi connectivity index (χ3v) is 6.23. The van der Waals surface area contributed by atoms with Gasteiger partial charge >= 0.3 is 0 Å². The van der Waals surface area contributed by atoms with Gasteiger partial charge in [0, 0.05) is 37.8 Å². The summed E-state index contributed by atoms with van der Waals surface area (Å²) < 4.78 is 5.43. The van der Waals surface area contributed by atoms with Gasteiger partial charge in [-0.05, 0) is 61.8 Å². The van der Waals surface area contributed by atoms with Crippen molar-refractivity contribution in [2.24, 2.45) is 0 Å². The van der Waals surface area contributed by atoms with Gasteiger partial charge in [0.15, 0.2) is 0 Å². The Labute approximate surface area is 155 Å². The van der Waals surface area contributed by atoms with Crippen molar-refractivity contribution in [2.45, 2.75) is 50.7 Å². The smallest absolute Gasteiger partial charge is 0.253 e. The SMILES string of the molecule is O=C(c1ccc2c(c1)CCCC2)N1CC[C@H](O)[C@@H](N2CCOCC2)CC1. The number of ether oxygens (including phenoxy) is 1. The highest BCUT2D eigenvalue weighted by Gasteiger charge is 2.32. The van der Waals surface area contributed by atoms with Crippen molar-refractivity contribution >= 4 is 5.91 Å². The molecule has 0 spiro atoms. The van der Waals surface area contributed by atoms with E-state index in [0.29, 0.717) is 13.0 Å². The topological polar surface area (TPSA) is 53.0 Å². The van der Waals surface area contributed by atoms with Crippen LogP contribution in [0.5, 0.6) is 0 Å². The second kappa shape index (κ2) is 8.07. The molecule has 1 aliphatic carbocycles. The first kappa shape index (κ1) is 18.0. The summed E-state index contributed by atoms with van der Waals surface area (Å²) in [6.07, 6.45) is 5.83. The molecule has 2 fully saturated rings. The summed E-state index contributed by atoms with van der Waals surface area (Å²) in [5.74, 6) is 0.119. The lowest BCUT2D eigenvalue weighted by Gasteiger charge is -2.36. The van der Waals surface area contributed by atoms with Gasteiger partial charge in [-0.15, -0.1) is 0 Å². The molecule has 1 N–H and O–H groups in total. The molecule has 2 saturated heterocycles. The minimum Gasteiger partial charge on any atom is -0.391 e. The molecule has 1 aromatic carbocycles. The van der Waals surface area contributed by atoms with Gasteiger partial charge in [-0.2, -0.15) is 0 Å². The largest absolute Gasteiger partial charge is 0.391 e. The van der Waals surface area contributed by atoms with Crippen molar-refractivity contribution in [2.75, 3.05) is 39.4 Å². The summed E-state index contributed by atoms with van der Waals surface area (Å²) in [5.41, 5.74) is 3.57. The normalized spacial score (nSPS) is 27.7. The van der Waals surface area contributed by atoms with Crippen LogP contribution in [0.1, 0.15) is 47.2 Å². The quantitative estimate of drug-likeness (QED) is 0.877. The second-order valence-electron chi connectivity index (χ2n) is 7.84. The highest BCUT2D eigenvalue weighted by molar-refractivity contribution is 5.94. The van der Waals surface area contributed by atoms with E-state index in [0.717, 1.165) is 57.7 Å². The van der Waals surface area contributed by atoms with E-state index in [1.54, 1.807) is 0 Å². The number of aliphatic hydroxyl groups excluding tert-OH is 1. The van der Waals surface area contributed by atoms with Crippen LogP contribution in [0.3, 0.4) is 0 Å². The highest BCUT2D eigenvalue weighted by atomic mass is 16.5. The maximum absolute atomic E-state index is 13.0. The lowest BCUT2D eigenvalue weighted by Crippen LogP contribution is -2.49. The van der Waals surface area contributed by atoms with Crippen molar-refractivity contribution in [3.63, 3.8) is 0 Å². The minimum atomic E-state index is -0.366. The lowest BCUT2D eigenvalue weighted by molar-refractivity contribution is -0.0222. The van der Waals surface area contributed by atoms with E-state index in [1.807, 2.05) is 11.0 Å². The van der Waals surface area contributed by atoms with Crippen LogP contribution in [0.2, 0.25) is 0 Å². The first-order chi connectivity index (χ1) is 12.7. The number of nitrogens with zero attached hydrogens (tertiary/aromatic N) is 2. The van der Waals surface area contributed by atoms with Crippen LogP contribution in [0, 0.1) is 0 Å². The Morgan fingerprint density at radius 1 is 1.00 bits per heavy atom. The number of hydrogen-bond acceptors (Lipinski definition) is 4. The first-order valence-corrected chi connectivity index (χ1v) is 10.1. The van der Waals surface area contributed by atoms with E-state index < -0.39 is 0 Å². The Bertz CT molecular complexity index is 642. The number of fused-ring (bicyclic) bond motifs is 1. The molecule has 0 saturated carbocycles. The van der Waals surface area contributed by atoms with Crippen molar-refractivity contribution in [3.05, 3.63) is 34.9 Å². The third-order valence-electron chi connectivity index (χ3n) is 6.23. The Morgan fingerprint density at radius 2 is 1.73 bits per heavy atom. The van der Waals surface area contributed by atoms with Crippen LogP contribution < -0.4 is 0 Å². The summed E-state index contributed by atoms with van der Waals surface area (Å²) in [5, 5.41) is 10.6. The molecule has 0 radical (unpaired) electrons. The Hall–Kier alpha value is -1.43. The van der Waals surface area contributed by atoms with Gasteiger partial charge < -0.3 is 14.7 Å². The molecule has 1 amide bonds. The molecular weight excluding hydrogens is 328 g/mol. The zero-order valence-electron chi connectivity index (χ0n) is 15.5. The van der Waals surface area contributed by atoms with Crippen LogP contribution in [0.15, 0.2) is 18.2 Å². The monoisotopic (exact) mass is 358 g/mol. The average Bonchev–Trinajstić information content (AvgIpc) is 2.89. The molecule has 0 bridgehead atoms. The molecule has 3 aliphatic rings. The Balaban J connectivity index is 1.44. The van der Waals surface area contributed by atoms with Crippen molar-refractivity contribution in [1.29, 1.82) is 0 Å². The number of hydrogen-bond donors (Lipinski definition) is 1. The van der Waals surface area contributed by atoms with Gasteiger partial charge in [0.2, 0.25) is 0 Å². The van der Waals surface area contributed by atoms with Crippen LogP contribution >= 0.6 is 0 Å². The van der Waals surface area contributed by atoms with Crippen LogP contribution in [-0.2, 0) is 17.6 Å². The van der Waals surface area contributed by atoms with E-state index in [1.165, 1.54) is 24.0 Å². The van der Waals surface area contributed by atoms with Gasteiger partial charge in [0.1, 0.15) is 0 Å². The molecule has 2 heterocycles. The average molecular weight is 358 g/mol. The van der Waals surface area contributed by atoms with Crippen molar-refractivity contribution in [1.82, 2.24) is 9.80 Å². The third kappa shape index (κ3) is 3.80. The molecule has 0 aromatic heterocycles. The molecule has 26 heavy (non-hydrogen) atoms. The fourth-order valence-electron chi connectivity index (χ4n) is 4.66. The molecule has 5 nitrogen and oxygen atoms in total. The van der Waals surface area contributed by atoms with E-state index in [4.69, 9.17) is 4.74 Å². The van der Waals surface area contributed by atoms with Gasteiger partial charge in [0.05, 0.1) is 19.3 Å². The standard InChI is InChI=1S/C21H30N2O3/c24-20-8-10-23(9-7-19(20)22-11-13-26-14-12-22)21(25)18-6-5-16-3-1-2-4-17(16)15-18/h5-6,15,19-20,24H,1-4,7-14H2/t19-,20-/m0/s1. The van der Waals surface area contributed by atoms with Crippen LogP contribution in [-0.4, -0.2) is 72.4 Å². The van der Waals surface area contributed by atoms with E-state index in [9.17, 15) is 9.90 Å². The summed E-state index contributed by atoms with van der Waals surface area (Å²) in [6, 6.07) is 6.38. The molecule has 5 heteroatoms. The zero-order chi connectivity index (χ0) is 17.9. The van der Waals surface area contributed by atoms with Crippen molar-refractivity contribution in [3.8, 4) is 0 Å². The van der Waals surface area contributed by atoms with E-state index in [-0.39, 0.29) is 18.1 Å². The fraction of sp³-hybridized carbons (Fsp3) is 0.667. The number of aliphatic hydroxyl groups is 1. The highest BCUT2D eigenvalue weighted by Crippen LogP contribution is 2.24.